The average molecular weight is 504 g/mol. The maximum absolute atomic E-state index is 12.5. The zero-order valence-electron chi connectivity index (χ0n) is 21.8. The number of piperazine rings is 1. The Labute approximate surface area is 219 Å². The zero-order chi connectivity index (χ0) is 25.5. The van der Waals surface area contributed by atoms with E-state index in [1.165, 1.54) is 5.56 Å². The molecular weight excluding hydrogens is 466 g/mol. The van der Waals surface area contributed by atoms with Gasteiger partial charge in [-0.2, -0.15) is 0 Å². The van der Waals surface area contributed by atoms with Crippen molar-refractivity contribution in [2.45, 2.75) is 45.1 Å². The molecule has 2 heterocycles. The van der Waals surface area contributed by atoms with Crippen LogP contribution in [0.3, 0.4) is 0 Å². The Hall–Kier alpha value is -2.90. The van der Waals surface area contributed by atoms with E-state index < -0.39 is 0 Å². The van der Waals surface area contributed by atoms with E-state index in [1.807, 2.05) is 18.2 Å². The van der Waals surface area contributed by atoms with Crippen LogP contribution in [-0.4, -0.2) is 53.5 Å². The van der Waals surface area contributed by atoms with Crippen molar-refractivity contribution in [1.29, 1.82) is 0 Å². The molecule has 1 fully saturated rings. The fourth-order valence-electron chi connectivity index (χ4n) is 4.27. The number of anilines is 1. The number of thioether (sulfide) groups is 1. The van der Waals surface area contributed by atoms with Gasteiger partial charge in [0, 0.05) is 61.8 Å². The van der Waals surface area contributed by atoms with Gasteiger partial charge in [-0.25, -0.2) is 9.97 Å². The number of hydrogen-bond acceptors (Lipinski definition) is 6. The normalized spacial score (nSPS) is 14.3. The minimum atomic E-state index is -0.0216. The highest BCUT2D eigenvalue weighted by Gasteiger charge is 2.21. The van der Waals surface area contributed by atoms with Crippen LogP contribution in [0.1, 0.15) is 46.6 Å². The number of nitrogens with one attached hydrogen (secondary N) is 1. The van der Waals surface area contributed by atoms with Crippen molar-refractivity contribution < 1.29 is 4.79 Å². The zero-order valence-corrected chi connectivity index (χ0v) is 22.6. The van der Waals surface area contributed by atoms with Crippen molar-refractivity contribution in [3.8, 4) is 0 Å². The first-order valence-corrected chi connectivity index (χ1v) is 13.7. The van der Waals surface area contributed by atoms with E-state index in [0.717, 1.165) is 66.3 Å². The van der Waals surface area contributed by atoms with Crippen molar-refractivity contribution in [3.63, 3.8) is 0 Å². The number of carbonyl (C=O) groups is 1. The first-order valence-electron chi connectivity index (χ1n) is 12.8. The fourth-order valence-corrected chi connectivity index (χ4v) is 5.10. The quantitative estimate of drug-likeness (QED) is 0.324. The van der Waals surface area contributed by atoms with E-state index in [4.69, 9.17) is 9.97 Å². The van der Waals surface area contributed by atoms with Crippen molar-refractivity contribution in [1.82, 2.24) is 20.2 Å². The Morgan fingerprint density at radius 1 is 0.972 bits per heavy atom. The number of benzene rings is 2. The molecule has 0 bridgehead atoms. The van der Waals surface area contributed by atoms with Crippen LogP contribution in [0, 0.1) is 19.8 Å². The van der Waals surface area contributed by atoms with Gasteiger partial charge in [-0.1, -0.05) is 68.1 Å². The van der Waals surface area contributed by atoms with Crippen molar-refractivity contribution >= 4 is 23.5 Å². The van der Waals surface area contributed by atoms with Crippen LogP contribution < -0.4 is 10.2 Å². The number of carbonyl (C=O) groups excluding carboxylic acids is 1. The maximum Gasteiger partial charge on any atom is 0.251 e. The Morgan fingerprint density at radius 2 is 1.69 bits per heavy atom. The van der Waals surface area contributed by atoms with E-state index in [2.05, 4.69) is 79.2 Å². The topological polar surface area (TPSA) is 61.4 Å². The monoisotopic (exact) mass is 503 g/mol. The summed E-state index contributed by atoms with van der Waals surface area (Å²) in [4.78, 5) is 27.1. The van der Waals surface area contributed by atoms with Gasteiger partial charge in [0.1, 0.15) is 5.82 Å². The van der Waals surface area contributed by atoms with Gasteiger partial charge in [-0.05, 0) is 43.0 Å². The molecule has 36 heavy (non-hydrogen) atoms. The molecule has 1 amide bonds. The first kappa shape index (κ1) is 26.2. The summed E-state index contributed by atoms with van der Waals surface area (Å²) in [5.74, 6) is 2.17. The molecule has 0 radical (unpaired) electrons. The summed E-state index contributed by atoms with van der Waals surface area (Å²) in [6.45, 7) is 14.0. The number of nitrogens with zero attached hydrogens (tertiary/aromatic N) is 4. The van der Waals surface area contributed by atoms with Gasteiger partial charge < -0.3 is 10.2 Å². The molecule has 190 valence electrons. The summed E-state index contributed by atoms with van der Waals surface area (Å²) in [6, 6.07) is 18.5. The molecule has 0 saturated carbocycles. The van der Waals surface area contributed by atoms with Crippen LogP contribution in [-0.2, 0) is 12.3 Å². The lowest BCUT2D eigenvalue weighted by atomic mass is 10.1. The van der Waals surface area contributed by atoms with E-state index in [1.54, 1.807) is 11.8 Å². The van der Waals surface area contributed by atoms with Crippen molar-refractivity contribution in [3.05, 3.63) is 82.5 Å². The van der Waals surface area contributed by atoms with Gasteiger partial charge in [-0.3, -0.25) is 9.69 Å². The number of rotatable bonds is 9. The molecule has 0 aliphatic carbocycles. The summed E-state index contributed by atoms with van der Waals surface area (Å²) in [6.07, 6.45) is 0. The van der Waals surface area contributed by atoms with Crippen LogP contribution in [0.4, 0.5) is 5.82 Å². The fraction of sp³-hybridized carbons (Fsp3) is 0.414. The van der Waals surface area contributed by atoms with Crippen molar-refractivity contribution in [2.75, 3.05) is 37.6 Å². The minimum absolute atomic E-state index is 0.0216. The molecular formula is C29H37N5OS. The van der Waals surface area contributed by atoms with Gasteiger partial charge >= 0.3 is 0 Å². The van der Waals surface area contributed by atoms with Crippen molar-refractivity contribution in [2.24, 2.45) is 5.92 Å². The van der Waals surface area contributed by atoms with Crippen LogP contribution in [0.5, 0.6) is 0 Å². The van der Waals surface area contributed by atoms with Gasteiger partial charge in [0.25, 0.3) is 5.91 Å². The van der Waals surface area contributed by atoms with Crippen LogP contribution in [0.25, 0.3) is 0 Å². The molecule has 0 spiro atoms. The maximum atomic E-state index is 12.5. The molecule has 1 saturated heterocycles. The molecule has 4 rings (SSSR count). The highest BCUT2D eigenvalue weighted by Crippen LogP contribution is 2.27. The average Bonchev–Trinajstić information content (AvgIpc) is 2.89. The third-order valence-corrected chi connectivity index (χ3v) is 7.41. The second-order valence-electron chi connectivity index (χ2n) is 9.88. The summed E-state index contributed by atoms with van der Waals surface area (Å²) < 4.78 is 0. The van der Waals surface area contributed by atoms with E-state index in [9.17, 15) is 4.79 Å². The van der Waals surface area contributed by atoms with Gasteiger partial charge in [0.2, 0.25) is 0 Å². The van der Waals surface area contributed by atoms with Crippen LogP contribution in [0.15, 0.2) is 59.8 Å². The molecule has 6 nitrogen and oxygen atoms in total. The SMILES string of the molecule is Cc1nc(SCc2cccc(C(=O)NCC(C)C)c2)nc(N2CCN(Cc3ccccc3)CC2)c1C. The molecule has 1 N–H and O–H groups in total. The second kappa shape index (κ2) is 12.4. The summed E-state index contributed by atoms with van der Waals surface area (Å²) >= 11 is 1.62. The Bertz CT molecular complexity index is 1160. The number of aromatic nitrogens is 2. The summed E-state index contributed by atoms with van der Waals surface area (Å²) in [5.41, 5.74) is 5.33. The highest BCUT2D eigenvalue weighted by molar-refractivity contribution is 7.98. The van der Waals surface area contributed by atoms with Crippen LogP contribution in [0.2, 0.25) is 0 Å². The number of aryl methyl sites for hydroxylation is 1. The van der Waals surface area contributed by atoms with Gasteiger partial charge in [0.05, 0.1) is 0 Å². The Kier molecular flexibility index (Phi) is 8.99. The molecule has 0 atom stereocenters. The predicted octanol–water partition coefficient (Wildman–Crippen LogP) is 5.09. The molecule has 2 aromatic carbocycles. The second-order valence-corrected chi connectivity index (χ2v) is 10.8. The first-order chi connectivity index (χ1) is 17.4. The molecule has 1 aliphatic rings. The minimum Gasteiger partial charge on any atom is -0.354 e. The molecule has 0 unspecified atom stereocenters. The Morgan fingerprint density at radius 3 is 2.42 bits per heavy atom. The third-order valence-electron chi connectivity index (χ3n) is 6.49. The smallest absolute Gasteiger partial charge is 0.251 e. The van der Waals surface area contributed by atoms with Crippen LogP contribution >= 0.6 is 11.8 Å². The van der Waals surface area contributed by atoms with E-state index in [0.29, 0.717) is 18.0 Å². The lowest BCUT2D eigenvalue weighted by Gasteiger charge is -2.36. The predicted molar refractivity (Wildman–Crippen MR) is 149 cm³/mol. The van der Waals surface area contributed by atoms with E-state index >= 15 is 0 Å². The number of hydrogen-bond donors (Lipinski definition) is 1. The molecule has 3 aromatic rings. The third kappa shape index (κ3) is 7.08. The largest absolute Gasteiger partial charge is 0.354 e. The Balaban J connectivity index is 1.38. The summed E-state index contributed by atoms with van der Waals surface area (Å²) in [5, 5.41) is 3.78. The van der Waals surface area contributed by atoms with E-state index in [-0.39, 0.29) is 5.91 Å². The number of amides is 1. The van der Waals surface area contributed by atoms with Gasteiger partial charge in [-0.15, -0.1) is 0 Å². The standard InChI is InChI=1S/C29H37N5OS/c1-21(2)18-30-28(35)26-12-8-11-25(17-26)20-36-29-31-23(4)22(3)27(32-29)34-15-13-33(14-16-34)19-24-9-6-5-7-10-24/h5-12,17,21H,13-16,18-20H2,1-4H3,(H,30,35). The lowest BCUT2D eigenvalue weighted by molar-refractivity contribution is 0.0949. The molecule has 7 heteroatoms. The lowest BCUT2D eigenvalue weighted by Crippen LogP contribution is -2.46. The highest BCUT2D eigenvalue weighted by atomic mass is 32.2. The summed E-state index contributed by atoms with van der Waals surface area (Å²) in [7, 11) is 0. The molecule has 1 aromatic heterocycles. The molecule has 1 aliphatic heterocycles. The van der Waals surface area contributed by atoms with Gasteiger partial charge in [0.15, 0.2) is 5.16 Å².